The van der Waals surface area contributed by atoms with E-state index in [-0.39, 0.29) is 85.6 Å². The summed E-state index contributed by atoms with van der Waals surface area (Å²) in [5.74, 6) is -7.56. The zero-order chi connectivity index (χ0) is 80.4. The Bertz CT molecular complexity index is 3500. The second-order valence-corrected chi connectivity index (χ2v) is 29.6. The number of aliphatic hydroxyl groups excluding tert-OH is 3. The highest BCUT2D eigenvalue weighted by molar-refractivity contribution is 7.98. The first kappa shape index (κ1) is 90.9. The van der Waals surface area contributed by atoms with E-state index in [2.05, 4.69) is 42.2 Å². The summed E-state index contributed by atoms with van der Waals surface area (Å²) in [5, 5.41) is 51.8. The molecule has 6 rings (SSSR count). The van der Waals surface area contributed by atoms with Gasteiger partial charge in [-0.25, -0.2) is 10.6 Å². The lowest BCUT2D eigenvalue weighted by Crippen LogP contribution is -2.60. The number of aliphatic hydroxyl groups is 3. The molecule has 0 spiro atoms. The number of methoxy groups -OCH3 is 1. The zero-order valence-corrected chi connectivity index (χ0v) is 64.6. The number of carbonyl (C=O) groups is 12. The number of likely N-dealkylation sites (tertiary alicyclic amines) is 1. The Balaban J connectivity index is 1.01. The minimum atomic E-state index is -2.44. The van der Waals surface area contributed by atoms with Crippen molar-refractivity contribution in [1.29, 1.82) is 0 Å². The number of hydrogen-bond acceptors (Lipinski definition) is 28. The Kier molecular flexibility index (Phi) is 39.1. The van der Waals surface area contributed by atoms with Gasteiger partial charge < -0.3 is 117 Å². The van der Waals surface area contributed by atoms with Crippen LogP contribution in [0.2, 0.25) is 0 Å². The number of nitrogens with two attached hydrogens (primary N) is 3. The molecule has 2 fully saturated rings. The number of hydrogen-bond donors (Lipinski definition) is 14. The Morgan fingerprint density at radius 2 is 1.37 bits per heavy atom. The van der Waals surface area contributed by atoms with Gasteiger partial charge in [0, 0.05) is 103 Å². The summed E-state index contributed by atoms with van der Waals surface area (Å²) in [6.07, 6.45) is -3.86. The fraction of sp³-hybridized carbons (Fsp3) is 0.686. The summed E-state index contributed by atoms with van der Waals surface area (Å²) < 4.78 is 60.0. The second-order valence-electron chi connectivity index (χ2n) is 27.1. The normalized spacial score (nSPS) is 23.2. The van der Waals surface area contributed by atoms with Crippen LogP contribution in [0.25, 0.3) is 10.9 Å². The lowest BCUT2D eigenvalue weighted by Gasteiger charge is -2.32. The molecular formula is C70H110N14O24S2. The van der Waals surface area contributed by atoms with Crippen LogP contribution in [0.4, 0.5) is 4.79 Å². The molecule has 38 nitrogen and oxygen atoms in total. The number of primary amides is 1. The summed E-state index contributed by atoms with van der Waals surface area (Å²) in [6, 6.07) is -4.26. The van der Waals surface area contributed by atoms with Crippen molar-refractivity contribution in [1.82, 2.24) is 57.0 Å². The fourth-order valence-electron chi connectivity index (χ4n) is 12.5. The van der Waals surface area contributed by atoms with Crippen molar-refractivity contribution in [2.75, 3.05) is 164 Å². The van der Waals surface area contributed by atoms with Crippen LogP contribution in [-0.4, -0.2) is 310 Å². The number of rotatable bonds is 40. The maximum atomic E-state index is 15.4. The Morgan fingerprint density at radius 3 is 1.96 bits per heavy atom. The predicted octanol–water partition coefficient (Wildman–Crippen LogP) is -4.42. The third-order valence-corrected chi connectivity index (χ3v) is 21.2. The van der Waals surface area contributed by atoms with Gasteiger partial charge in [0.2, 0.25) is 53.2 Å². The van der Waals surface area contributed by atoms with Crippen LogP contribution in [0, 0.1) is 29.6 Å². The molecule has 12 atom stereocenters. The minimum absolute atomic E-state index is 0.0105. The highest BCUT2D eigenvalue weighted by Gasteiger charge is 2.46. The van der Waals surface area contributed by atoms with Crippen LogP contribution in [-0.2, 0) is 109 Å². The van der Waals surface area contributed by atoms with Gasteiger partial charge in [-0.3, -0.25) is 61.8 Å². The van der Waals surface area contributed by atoms with E-state index in [1.54, 1.807) is 32.9 Å². The number of carbonyl (C=O) groups excluding carboxylic acids is 12. The van der Waals surface area contributed by atoms with Crippen LogP contribution >= 0.6 is 11.8 Å². The molecular weight excluding hydrogens is 1480 g/mol. The molecule has 110 heavy (non-hydrogen) atoms. The quantitative estimate of drug-likeness (QED) is 0.0130. The Labute approximate surface area is 644 Å². The van der Waals surface area contributed by atoms with Crippen molar-refractivity contribution in [3.8, 4) is 5.75 Å². The number of nitrogens with zero attached hydrogens (tertiary/aromatic N) is 3. The molecule has 2 bridgehead atoms. The molecule has 1 aromatic heterocycles. The van der Waals surface area contributed by atoms with Crippen LogP contribution in [0.5, 0.6) is 5.75 Å². The van der Waals surface area contributed by atoms with Crippen molar-refractivity contribution >= 4 is 104 Å². The summed E-state index contributed by atoms with van der Waals surface area (Å²) in [5.41, 5.74) is 12.8. The van der Waals surface area contributed by atoms with Crippen LogP contribution < -0.4 is 59.3 Å². The summed E-state index contributed by atoms with van der Waals surface area (Å²) in [4.78, 5) is 170. The molecule has 5 heterocycles. The summed E-state index contributed by atoms with van der Waals surface area (Å²) in [6.45, 7) is 9.07. The van der Waals surface area contributed by atoms with E-state index in [4.69, 9.17) is 55.2 Å². The second kappa shape index (κ2) is 47.4. The first-order chi connectivity index (χ1) is 52.7. The highest BCUT2D eigenvalue weighted by atomic mass is 32.2. The molecule has 40 heteroatoms. The van der Waals surface area contributed by atoms with E-state index < -0.39 is 194 Å². The lowest BCUT2D eigenvalue weighted by atomic mass is 9.85. The van der Waals surface area contributed by atoms with E-state index in [1.807, 2.05) is 0 Å². The van der Waals surface area contributed by atoms with Gasteiger partial charge in [-0.05, 0) is 30.0 Å². The van der Waals surface area contributed by atoms with E-state index in [1.165, 1.54) is 37.0 Å². The molecule has 4 aliphatic heterocycles. The number of urea groups is 1. The number of benzene rings is 1. The third-order valence-electron chi connectivity index (χ3n) is 18.8. The van der Waals surface area contributed by atoms with Crippen molar-refractivity contribution in [2.24, 2.45) is 46.9 Å². The lowest BCUT2D eigenvalue weighted by molar-refractivity contribution is -0.144. The number of amides is 11. The molecule has 11 amide bonds. The van der Waals surface area contributed by atoms with Gasteiger partial charge in [0.05, 0.1) is 179 Å². The predicted molar refractivity (Wildman–Crippen MR) is 396 cm³/mol. The number of imide groups is 1. The van der Waals surface area contributed by atoms with E-state index in [0.717, 1.165) is 9.80 Å². The summed E-state index contributed by atoms with van der Waals surface area (Å²) in [7, 11) is -1.03. The molecule has 1 aromatic carbocycles. The molecule has 2 unspecified atom stereocenters. The average molecular weight is 1600 g/mol. The smallest absolute Gasteiger partial charge is 0.314 e. The maximum absolute atomic E-state index is 15.4. The van der Waals surface area contributed by atoms with Crippen LogP contribution in [0.15, 0.2) is 29.1 Å². The molecule has 4 aliphatic rings. The number of ether oxygens (including phenoxy) is 8. The Hall–Kier alpha value is -8.00. The minimum Gasteiger partial charge on any atom is -0.496 e. The van der Waals surface area contributed by atoms with Gasteiger partial charge in [-0.1, -0.05) is 34.1 Å². The average Bonchev–Trinajstić information content (AvgIpc) is 1.61. The number of aromatic amines is 1. The van der Waals surface area contributed by atoms with Gasteiger partial charge in [0.15, 0.2) is 11.6 Å². The van der Waals surface area contributed by atoms with Gasteiger partial charge in [0.1, 0.15) is 28.9 Å². The van der Waals surface area contributed by atoms with E-state index in [0.29, 0.717) is 114 Å². The SMILES string of the molecule is CC[C@H](C)[C@@H]1CC(=O)CNC(=O)[C@H]2CC(=O)[C@H]([C@@H](C)[C@@H](O)CO)NC(=O)[C@@H]3C[C@@H](O)CN3C(=O)[C@H](CC(N)=O)NC(=O)[C@H](CS(=O)c3[nH]c4c(CSCCNC(=O)NCCOCCOCCOCCOCCOCCOCCOCCN(N)/C=C(\N)CN5C(=O)CC(C)C5=O)c(OC)ccc4c3C2)NC(=O)CNC1=O. The van der Waals surface area contributed by atoms with Crippen LogP contribution in [0.1, 0.15) is 77.3 Å². The molecule has 2 aromatic rings. The highest BCUT2D eigenvalue weighted by Crippen LogP contribution is 2.37. The van der Waals surface area contributed by atoms with Gasteiger partial charge in [-0.2, -0.15) is 11.8 Å². The van der Waals surface area contributed by atoms with Gasteiger partial charge in [-0.15, -0.1) is 0 Å². The molecule has 2 saturated heterocycles. The molecule has 0 radical (unpaired) electrons. The fourth-order valence-corrected chi connectivity index (χ4v) is 14.8. The van der Waals surface area contributed by atoms with Crippen LogP contribution in [0.3, 0.4) is 0 Å². The number of thioether (sulfide) groups is 1. The standard InChI is InChI=1S/C70H110N14O24S2/c1-6-41(2)49-30-46(86)33-76-63(93)44-28-50-48-7-8-57(101-5)51(39-109-26-10-75-70(99)74-9-12-102-14-16-104-18-20-106-22-24-108-25-23-107-21-19-105-17-15-103-13-11-82(73)35-45(71)36-84-60(92)27-42(3)68(84)97)62(48)81-67(50)110(100)40-53(78-59(91)34-77-64(49)94)65(95)79-52(32-58(72)90)69(98)83-37-47(87)31-54(83)66(96)80-61(55(88)29-44)43(4)56(89)38-85/h7-8,35,41-44,47,49,52-54,56,61,81,85,87,89H,6,9-34,36-40,71,73H2,1-5H3,(H2,72,90)(H,76,93)(H,77,94)(H,78,91)(H,79,95)(H,80,96)(H2,74,75,99)/b45-35-/t41-,42?,43-,44+,47+,49-,52-,53-,54-,56-,61-,110?/m0/s1. The zero-order valence-electron chi connectivity index (χ0n) is 63.0. The monoisotopic (exact) mass is 1590 g/mol. The number of aromatic nitrogens is 1. The Morgan fingerprint density at radius 1 is 0.764 bits per heavy atom. The largest absolute Gasteiger partial charge is 0.496 e. The number of ketones is 2. The van der Waals surface area contributed by atoms with Gasteiger partial charge >= 0.3 is 6.03 Å². The number of H-pyrrole nitrogens is 1. The number of nitrogens with one attached hydrogen (secondary N) is 8. The van der Waals surface area contributed by atoms with Crippen molar-refractivity contribution < 1.29 is 115 Å². The van der Waals surface area contributed by atoms with Gasteiger partial charge in [0.25, 0.3) is 0 Å². The molecule has 0 aliphatic carbocycles. The van der Waals surface area contributed by atoms with Crippen molar-refractivity contribution in [3.05, 3.63) is 35.2 Å². The summed E-state index contributed by atoms with van der Waals surface area (Å²) >= 11 is 1.37. The van der Waals surface area contributed by atoms with Crippen molar-refractivity contribution in [2.45, 2.75) is 120 Å². The molecule has 0 saturated carbocycles. The van der Waals surface area contributed by atoms with E-state index >= 15 is 9.00 Å². The molecule has 616 valence electrons. The third kappa shape index (κ3) is 28.9. The number of hydrazine groups is 1. The number of fused-ring (bicyclic) bond motifs is 5. The molecule has 17 N–H and O–H groups in total. The first-order valence-corrected chi connectivity index (χ1v) is 39.2. The first-order valence-electron chi connectivity index (χ1n) is 36.8. The topological polar surface area (TPSA) is 544 Å². The maximum Gasteiger partial charge on any atom is 0.314 e. The van der Waals surface area contributed by atoms with E-state index in [9.17, 15) is 68.1 Å². The van der Waals surface area contributed by atoms with Crippen molar-refractivity contribution in [3.63, 3.8) is 0 Å². The number of Topliss-reactive ketones (excluding diaryl/α,β-unsaturated/α-hetero) is 2.